The minimum atomic E-state index is -1.18. The van der Waals surface area contributed by atoms with Crippen molar-refractivity contribution in [2.24, 2.45) is 0 Å². The van der Waals surface area contributed by atoms with Crippen molar-refractivity contribution in [3.8, 4) is 0 Å². The first-order valence-corrected chi connectivity index (χ1v) is 5.80. The van der Waals surface area contributed by atoms with Crippen LogP contribution in [0.2, 0.25) is 0 Å². The van der Waals surface area contributed by atoms with E-state index in [4.69, 9.17) is 11.6 Å². The molecular weight excluding hydrogens is 244 g/mol. The van der Waals surface area contributed by atoms with E-state index in [0.29, 0.717) is 6.61 Å². The summed E-state index contributed by atoms with van der Waals surface area (Å²) in [5.74, 6) is -0.505. The predicted molar refractivity (Wildman–Crippen MR) is 71.1 cm³/mol. The lowest BCUT2D eigenvalue weighted by molar-refractivity contribution is -0.143. The minimum absolute atomic E-state index is 0.335. The molecule has 0 aromatic heterocycles. The third-order valence-electron chi connectivity index (χ3n) is 1.59. The molecule has 0 spiro atoms. The van der Waals surface area contributed by atoms with E-state index in [9.17, 15) is 4.79 Å². The highest BCUT2D eigenvalue weighted by molar-refractivity contribution is 7.84. The van der Waals surface area contributed by atoms with Crippen LogP contribution in [0.15, 0.2) is 30.3 Å². The zero-order valence-corrected chi connectivity index (χ0v) is 11.4. The SMILES string of the molecule is CCOC(=O)C(C)(S)Cl.Cc1ccccc1. The molecule has 0 heterocycles. The number of rotatable bonds is 2. The molecule has 0 aliphatic rings. The molecule has 0 bridgehead atoms. The second-order valence-electron chi connectivity index (χ2n) is 3.33. The number of aryl methyl sites for hydroxylation is 1. The van der Waals surface area contributed by atoms with Gasteiger partial charge in [-0.05, 0) is 20.8 Å². The van der Waals surface area contributed by atoms with Crippen molar-refractivity contribution in [3.63, 3.8) is 0 Å². The van der Waals surface area contributed by atoms with Gasteiger partial charge in [0.1, 0.15) is 0 Å². The molecule has 0 saturated carbocycles. The van der Waals surface area contributed by atoms with E-state index in [1.807, 2.05) is 18.2 Å². The van der Waals surface area contributed by atoms with Crippen molar-refractivity contribution in [2.75, 3.05) is 6.61 Å². The van der Waals surface area contributed by atoms with Gasteiger partial charge >= 0.3 is 5.97 Å². The van der Waals surface area contributed by atoms with Crippen LogP contribution in [0.4, 0.5) is 0 Å². The van der Waals surface area contributed by atoms with Crippen LogP contribution in [0, 0.1) is 6.92 Å². The van der Waals surface area contributed by atoms with Crippen LogP contribution in [-0.4, -0.2) is 16.8 Å². The number of thiol groups is 1. The molecule has 1 aromatic carbocycles. The summed E-state index contributed by atoms with van der Waals surface area (Å²) < 4.78 is 3.37. The van der Waals surface area contributed by atoms with E-state index < -0.39 is 10.2 Å². The number of hydrogen-bond donors (Lipinski definition) is 1. The zero-order valence-electron chi connectivity index (χ0n) is 9.74. The lowest BCUT2D eigenvalue weighted by Gasteiger charge is -2.11. The first kappa shape index (κ1) is 15.3. The summed E-state index contributed by atoms with van der Waals surface area (Å²) in [5, 5.41) is 0. The quantitative estimate of drug-likeness (QED) is 0.501. The summed E-state index contributed by atoms with van der Waals surface area (Å²) in [6.07, 6.45) is 0. The van der Waals surface area contributed by atoms with E-state index >= 15 is 0 Å². The number of halogens is 1. The first-order valence-electron chi connectivity index (χ1n) is 4.98. The Morgan fingerprint density at radius 3 is 2.12 bits per heavy atom. The van der Waals surface area contributed by atoms with Crippen LogP contribution < -0.4 is 0 Å². The third-order valence-corrected chi connectivity index (χ3v) is 1.93. The summed E-state index contributed by atoms with van der Waals surface area (Å²) >= 11 is 9.23. The highest BCUT2D eigenvalue weighted by Crippen LogP contribution is 2.20. The second-order valence-corrected chi connectivity index (χ2v) is 5.24. The second kappa shape index (κ2) is 7.58. The Hall–Kier alpha value is -0.670. The van der Waals surface area contributed by atoms with Gasteiger partial charge in [-0.3, -0.25) is 0 Å². The number of ether oxygens (including phenoxy) is 1. The van der Waals surface area contributed by atoms with Crippen LogP contribution in [0.25, 0.3) is 0 Å². The summed E-state index contributed by atoms with van der Waals surface area (Å²) in [7, 11) is 0. The average molecular weight is 261 g/mol. The standard InChI is InChI=1S/C7H8.C5H9ClO2S/c1-7-5-3-2-4-6-7;1-3-8-4(7)5(2,6)9/h2-6H,1H3;9H,3H2,1-2H3. The number of hydrogen-bond acceptors (Lipinski definition) is 3. The first-order chi connectivity index (χ1) is 7.38. The van der Waals surface area contributed by atoms with E-state index in [-0.39, 0.29) is 0 Å². The van der Waals surface area contributed by atoms with Gasteiger partial charge in [0.2, 0.25) is 0 Å². The maximum absolute atomic E-state index is 10.6. The third kappa shape index (κ3) is 7.60. The molecule has 0 radical (unpaired) electrons. The summed E-state index contributed by atoms with van der Waals surface area (Å²) in [4.78, 5) is 10.6. The Morgan fingerprint density at radius 2 is 1.94 bits per heavy atom. The lowest BCUT2D eigenvalue weighted by Crippen LogP contribution is -2.24. The molecule has 0 amide bonds. The van der Waals surface area contributed by atoms with Crippen LogP contribution in [0.1, 0.15) is 19.4 Å². The fourth-order valence-corrected chi connectivity index (χ4v) is 0.916. The topological polar surface area (TPSA) is 26.3 Å². The molecule has 0 aliphatic heterocycles. The average Bonchev–Trinajstić information content (AvgIpc) is 2.19. The lowest BCUT2D eigenvalue weighted by atomic mass is 10.2. The normalized spacial score (nSPS) is 13.1. The van der Waals surface area contributed by atoms with Gasteiger partial charge in [-0.15, -0.1) is 12.6 Å². The number of benzene rings is 1. The van der Waals surface area contributed by atoms with Gasteiger partial charge in [0.25, 0.3) is 0 Å². The molecule has 4 heteroatoms. The fourth-order valence-electron chi connectivity index (χ4n) is 0.797. The molecule has 1 unspecified atom stereocenters. The summed E-state index contributed by atoms with van der Waals surface area (Å²) in [5.41, 5.74) is 1.32. The number of carbonyl (C=O) groups excluding carboxylic acids is 1. The molecule has 1 rings (SSSR count). The number of esters is 1. The van der Waals surface area contributed by atoms with Crippen LogP contribution >= 0.6 is 24.2 Å². The maximum Gasteiger partial charge on any atom is 0.337 e. The minimum Gasteiger partial charge on any atom is -0.464 e. The summed E-state index contributed by atoms with van der Waals surface area (Å²) in [6, 6.07) is 10.3. The molecule has 90 valence electrons. The van der Waals surface area contributed by atoms with Gasteiger partial charge in [0, 0.05) is 0 Å². The molecule has 0 fully saturated rings. The molecular formula is C12H17ClO2S. The van der Waals surface area contributed by atoms with Gasteiger partial charge in [-0.2, -0.15) is 0 Å². The molecule has 16 heavy (non-hydrogen) atoms. The van der Waals surface area contributed by atoms with Crippen LogP contribution in [0.3, 0.4) is 0 Å². The van der Waals surface area contributed by atoms with Crippen molar-refractivity contribution in [2.45, 2.75) is 25.0 Å². The van der Waals surface area contributed by atoms with E-state index in [1.165, 1.54) is 12.5 Å². The van der Waals surface area contributed by atoms with Gasteiger partial charge in [0.05, 0.1) is 6.61 Å². The van der Waals surface area contributed by atoms with Gasteiger partial charge in [-0.25, -0.2) is 4.79 Å². The largest absolute Gasteiger partial charge is 0.464 e. The number of carbonyl (C=O) groups is 1. The molecule has 2 nitrogen and oxygen atoms in total. The Bertz CT molecular complexity index is 307. The maximum atomic E-state index is 10.6. The molecule has 0 aliphatic carbocycles. The monoisotopic (exact) mass is 260 g/mol. The molecule has 0 saturated heterocycles. The van der Waals surface area contributed by atoms with Crippen molar-refractivity contribution < 1.29 is 9.53 Å². The van der Waals surface area contributed by atoms with Crippen LogP contribution in [0.5, 0.6) is 0 Å². The van der Waals surface area contributed by atoms with Gasteiger partial charge < -0.3 is 4.74 Å². The smallest absolute Gasteiger partial charge is 0.337 e. The van der Waals surface area contributed by atoms with E-state index in [0.717, 1.165) is 0 Å². The highest BCUT2D eigenvalue weighted by Gasteiger charge is 2.26. The zero-order chi connectivity index (χ0) is 12.6. The Balaban J connectivity index is 0.000000288. The molecule has 1 atom stereocenters. The van der Waals surface area contributed by atoms with E-state index in [2.05, 4.69) is 36.4 Å². The Kier molecular flexibility index (Phi) is 7.26. The van der Waals surface area contributed by atoms with Gasteiger partial charge in [0.15, 0.2) is 4.21 Å². The van der Waals surface area contributed by atoms with Gasteiger partial charge in [-0.1, -0.05) is 47.5 Å². The van der Waals surface area contributed by atoms with Crippen LogP contribution in [-0.2, 0) is 9.53 Å². The number of alkyl halides is 1. The van der Waals surface area contributed by atoms with Crippen molar-refractivity contribution in [1.29, 1.82) is 0 Å². The highest BCUT2D eigenvalue weighted by atomic mass is 35.5. The predicted octanol–water partition coefficient (Wildman–Crippen LogP) is 3.43. The van der Waals surface area contributed by atoms with Crippen molar-refractivity contribution in [1.82, 2.24) is 0 Å². The molecule has 0 N–H and O–H groups in total. The Morgan fingerprint density at radius 1 is 1.44 bits per heavy atom. The van der Waals surface area contributed by atoms with E-state index in [1.54, 1.807) is 6.92 Å². The van der Waals surface area contributed by atoms with Crippen molar-refractivity contribution in [3.05, 3.63) is 35.9 Å². The molecule has 1 aromatic rings. The Labute approximate surface area is 107 Å². The van der Waals surface area contributed by atoms with Crippen molar-refractivity contribution >= 4 is 30.2 Å². The summed E-state index contributed by atoms with van der Waals surface area (Å²) in [6.45, 7) is 5.60. The fraction of sp³-hybridized carbons (Fsp3) is 0.417.